The van der Waals surface area contributed by atoms with Crippen LogP contribution in [-0.4, -0.2) is 54.6 Å². The van der Waals surface area contributed by atoms with Crippen LogP contribution in [0.2, 0.25) is 0 Å². The molecule has 28 heavy (non-hydrogen) atoms. The van der Waals surface area contributed by atoms with Gasteiger partial charge in [0.1, 0.15) is 5.76 Å². The highest BCUT2D eigenvalue weighted by Crippen LogP contribution is 2.30. The smallest absolute Gasteiger partial charge is 0.235 e. The zero-order valence-corrected chi connectivity index (χ0v) is 17.5. The van der Waals surface area contributed by atoms with Gasteiger partial charge < -0.3 is 24.2 Å². The molecule has 0 unspecified atom stereocenters. The predicted octanol–water partition coefficient (Wildman–Crippen LogP) is 2.64. The lowest BCUT2D eigenvalue weighted by molar-refractivity contribution is -0.127. The molecule has 2 amide bonds. The average Bonchev–Trinajstić information content (AvgIpc) is 3.07. The van der Waals surface area contributed by atoms with Crippen molar-refractivity contribution in [3.63, 3.8) is 0 Å². The van der Waals surface area contributed by atoms with Crippen molar-refractivity contribution in [2.45, 2.75) is 20.4 Å². The van der Waals surface area contributed by atoms with E-state index in [0.29, 0.717) is 29.6 Å². The van der Waals surface area contributed by atoms with Crippen molar-refractivity contribution in [2.75, 3.05) is 38.1 Å². The van der Waals surface area contributed by atoms with Crippen LogP contribution in [0.3, 0.4) is 0 Å². The fraction of sp³-hybridized carbons (Fsp3) is 0.421. The van der Waals surface area contributed by atoms with Crippen LogP contribution >= 0.6 is 11.8 Å². The summed E-state index contributed by atoms with van der Waals surface area (Å²) in [5.74, 6) is 2.32. The first-order valence-corrected chi connectivity index (χ1v) is 9.76. The third-order valence-electron chi connectivity index (χ3n) is 4.03. The van der Waals surface area contributed by atoms with Gasteiger partial charge >= 0.3 is 0 Å². The van der Waals surface area contributed by atoms with E-state index in [2.05, 4.69) is 10.5 Å². The second-order valence-corrected chi connectivity index (χ2v) is 7.23. The van der Waals surface area contributed by atoms with Crippen LogP contribution in [0.4, 0.5) is 5.82 Å². The zero-order valence-electron chi connectivity index (χ0n) is 16.7. The van der Waals surface area contributed by atoms with Crippen molar-refractivity contribution in [1.82, 2.24) is 10.1 Å². The summed E-state index contributed by atoms with van der Waals surface area (Å²) in [6.45, 7) is 4.14. The van der Waals surface area contributed by atoms with Crippen molar-refractivity contribution in [3.8, 4) is 11.5 Å². The van der Waals surface area contributed by atoms with E-state index < -0.39 is 0 Å². The number of anilines is 1. The second-order valence-electron chi connectivity index (χ2n) is 6.25. The van der Waals surface area contributed by atoms with Crippen molar-refractivity contribution < 1.29 is 23.6 Å². The summed E-state index contributed by atoms with van der Waals surface area (Å²) >= 11 is 1.25. The van der Waals surface area contributed by atoms with Gasteiger partial charge in [-0.15, -0.1) is 11.8 Å². The number of aryl methyl sites for hydroxylation is 2. The molecule has 2 rings (SSSR count). The molecule has 1 heterocycles. The largest absolute Gasteiger partial charge is 0.493 e. The molecule has 0 radical (unpaired) electrons. The maximum absolute atomic E-state index is 12.4. The van der Waals surface area contributed by atoms with Gasteiger partial charge in [0, 0.05) is 19.7 Å². The van der Waals surface area contributed by atoms with E-state index in [9.17, 15) is 9.59 Å². The summed E-state index contributed by atoms with van der Waals surface area (Å²) in [6.07, 6.45) is 0. The van der Waals surface area contributed by atoms with Gasteiger partial charge in [-0.1, -0.05) is 5.16 Å². The van der Waals surface area contributed by atoms with Crippen molar-refractivity contribution in [2.24, 2.45) is 0 Å². The molecule has 0 bridgehead atoms. The Bertz CT molecular complexity index is 837. The van der Waals surface area contributed by atoms with Crippen LogP contribution in [0.25, 0.3) is 0 Å². The van der Waals surface area contributed by atoms with Gasteiger partial charge in [0.05, 0.1) is 25.7 Å². The van der Waals surface area contributed by atoms with Crippen molar-refractivity contribution in [1.29, 1.82) is 0 Å². The molecule has 0 aliphatic rings. The topological polar surface area (TPSA) is 93.9 Å². The van der Waals surface area contributed by atoms with Gasteiger partial charge in [0.15, 0.2) is 17.3 Å². The fourth-order valence-corrected chi connectivity index (χ4v) is 3.24. The number of aromatic nitrogens is 1. The first kappa shape index (κ1) is 21.6. The standard InChI is InChI=1S/C19H25N3O5S/c1-12-6-15(25-4)16(26-5)8-14(12)9-22(3)19(24)11-28-10-18(23)20-17-7-13(2)27-21-17/h6-8H,9-11H2,1-5H3,(H,20,21,23). The Morgan fingerprint density at radius 1 is 1.14 bits per heavy atom. The summed E-state index contributed by atoms with van der Waals surface area (Å²) in [5, 5.41) is 6.32. The Balaban J connectivity index is 1.83. The van der Waals surface area contributed by atoms with Crippen LogP contribution in [0.5, 0.6) is 11.5 Å². The summed E-state index contributed by atoms with van der Waals surface area (Å²) in [6, 6.07) is 5.39. The van der Waals surface area contributed by atoms with Gasteiger partial charge in [0.2, 0.25) is 11.8 Å². The monoisotopic (exact) mass is 407 g/mol. The molecule has 1 N–H and O–H groups in total. The van der Waals surface area contributed by atoms with Crippen LogP contribution in [-0.2, 0) is 16.1 Å². The lowest BCUT2D eigenvalue weighted by atomic mass is 10.1. The normalized spacial score (nSPS) is 10.5. The van der Waals surface area contributed by atoms with E-state index in [-0.39, 0.29) is 23.3 Å². The molecule has 0 aliphatic heterocycles. The molecule has 1 aromatic carbocycles. The number of ether oxygens (including phenoxy) is 2. The number of thioether (sulfide) groups is 1. The third-order valence-corrected chi connectivity index (χ3v) is 4.95. The number of benzene rings is 1. The molecule has 0 spiro atoms. The SMILES string of the molecule is COc1cc(C)c(CN(C)C(=O)CSCC(=O)Nc2cc(C)on2)cc1OC. The number of nitrogens with zero attached hydrogens (tertiary/aromatic N) is 2. The molecule has 0 fully saturated rings. The number of amides is 2. The Hall–Kier alpha value is -2.68. The Morgan fingerprint density at radius 2 is 1.82 bits per heavy atom. The number of nitrogens with one attached hydrogen (secondary N) is 1. The van der Waals surface area contributed by atoms with Gasteiger partial charge in [0.25, 0.3) is 0 Å². The molecule has 0 saturated heterocycles. The molecule has 0 saturated carbocycles. The molecule has 1 aromatic heterocycles. The third kappa shape index (κ3) is 5.91. The van der Waals surface area contributed by atoms with Crippen LogP contribution in [0.1, 0.15) is 16.9 Å². The minimum atomic E-state index is -0.232. The molecule has 0 atom stereocenters. The highest BCUT2D eigenvalue weighted by atomic mass is 32.2. The van der Waals surface area contributed by atoms with Gasteiger partial charge in [-0.25, -0.2) is 0 Å². The molecule has 2 aromatic rings. The van der Waals surface area contributed by atoms with E-state index in [1.54, 1.807) is 39.2 Å². The summed E-state index contributed by atoms with van der Waals surface area (Å²) in [4.78, 5) is 25.9. The highest BCUT2D eigenvalue weighted by Gasteiger charge is 2.15. The minimum absolute atomic E-state index is 0.0655. The van der Waals surface area contributed by atoms with E-state index in [0.717, 1.165) is 11.1 Å². The summed E-state index contributed by atoms with van der Waals surface area (Å²) in [5.41, 5.74) is 1.98. The minimum Gasteiger partial charge on any atom is -0.493 e. The lowest BCUT2D eigenvalue weighted by Crippen LogP contribution is -2.28. The fourth-order valence-electron chi connectivity index (χ4n) is 2.48. The Labute approximate surface area is 168 Å². The van der Waals surface area contributed by atoms with Crippen LogP contribution in [0.15, 0.2) is 22.7 Å². The quantitative estimate of drug-likeness (QED) is 0.683. The Morgan fingerprint density at radius 3 is 2.43 bits per heavy atom. The first-order valence-electron chi connectivity index (χ1n) is 8.60. The Kier molecular flexibility index (Phi) is 7.74. The number of hydrogen-bond donors (Lipinski definition) is 1. The number of rotatable bonds is 9. The second kappa shape index (κ2) is 10.0. The van der Waals surface area contributed by atoms with Crippen molar-refractivity contribution in [3.05, 3.63) is 35.1 Å². The van der Waals surface area contributed by atoms with Crippen LogP contribution < -0.4 is 14.8 Å². The predicted molar refractivity (Wildman–Crippen MR) is 108 cm³/mol. The van der Waals surface area contributed by atoms with Crippen molar-refractivity contribution >= 4 is 29.4 Å². The summed E-state index contributed by atoms with van der Waals surface area (Å²) < 4.78 is 15.5. The maximum atomic E-state index is 12.4. The zero-order chi connectivity index (χ0) is 20.7. The van der Waals surface area contributed by atoms with E-state index in [1.165, 1.54) is 11.8 Å². The molecular formula is C19H25N3O5S. The maximum Gasteiger partial charge on any atom is 0.235 e. The molecule has 8 nitrogen and oxygen atoms in total. The highest BCUT2D eigenvalue weighted by molar-refractivity contribution is 8.00. The lowest BCUT2D eigenvalue weighted by Gasteiger charge is -2.20. The van der Waals surface area contributed by atoms with E-state index >= 15 is 0 Å². The van der Waals surface area contributed by atoms with Crippen LogP contribution in [0, 0.1) is 13.8 Å². The molecule has 0 aliphatic carbocycles. The summed E-state index contributed by atoms with van der Waals surface area (Å²) in [7, 11) is 4.90. The van der Waals surface area contributed by atoms with E-state index in [1.807, 2.05) is 19.1 Å². The average molecular weight is 407 g/mol. The number of hydrogen-bond acceptors (Lipinski definition) is 7. The van der Waals surface area contributed by atoms with E-state index in [4.69, 9.17) is 14.0 Å². The number of carbonyl (C=O) groups is 2. The first-order chi connectivity index (χ1) is 13.3. The molecular weight excluding hydrogens is 382 g/mol. The number of carbonyl (C=O) groups excluding carboxylic acids is 2. The molecule has 152 valence electrons. The van der Waals surface area contributed by atoms with Gasteiger partial charge in [-0.2, -0.15) is 0 Å². The van der Waals surface area contributed by atoms with Gasteiger partial charge in [-0.3, -0.25) is 9.59 Å². The molecule has 9 heteroatoms. The number of methoxy groups -OCH3 is 2. The van der Waals surface area contributed by atoms with Gasteiger partial charge in [-0.05, 0) is 37.1 Å².